The van der Waals surface area contributed by atoms with Crippen LogP contribution in [0.25, 0.3) is 11.4 Å². The number of nitrogens with zero attached hydrogens (tertiary/aromatic N) is 4. The lowest BCUT2D eigenvalue weighted by molar-refractivity contribution is -0.117. The first-order chi connectivity index (χ1) is 10.4. The largest absolute Gasteiger partial charge is 0.307 e. The predicted molar refractivity (Wildman–Crippen MR) is 76.0 cm³/mol. The van der Waals surface area contributed by atoms with Crippen LogP contribution in [0.3, 0.4) is 0 Å². The Balaban J connectivity index is 1.92. The molecule has 0 aliphatic carbocycles. The van der Waals surface area contributed by atoms with E-state index in [9.17, 15) is 17.1 Å². The highest BCUT2D eigenvalue weighted by atomic mass is 32.3. The molecular weight excluding hydrogens is 311 g/mol. The van der Waals surface area contributed by atoms with E-state index in [-0.39, 0.29) is 12.5 Å². The zero-order valence-electron chi connectivity index (χ0n) is 11.3. The smallest absolute Gasteiger partial charge is 0.279 e. The second kappa shape index (κ2) is 5.41. The number of anilines is 1. The molecule has 9 heteroatoms. The van der Waals surface area contributed by atoms with E-state index in [0.29, 0.717) is 11.4 Å². The summed E-state index contributed by atoms with van der Waals surface area (Å²) in [5.74, 6) is -0.483. The second-order valence-corrected chi connectivity index (χ2v) is 6.38. The third-order valence-corrected chi connectivity index (χ3v) is 4.41. The minimum atomic E-state index is -4.77. The normalized spacial score (nSPS) is 18.7. The first kappa shape index (κ1) is 14.5. The Bertz CT molecular complexity index is 813. The van der Waals surface area contributed by atoms with E-state index in [1.807, 2.05) is 0 Å². The lowest BCUT2D eigenvalue weighted by Gasteiger charge is -2.14. The predicted octanol–water partition coefficient (Wildman–Crippen LogP) is 0.943. The number of pyridine rings is 1. The number of aromatic nitrogens is 3. The molecule has 0 aromatic carbocycles. The highest BCUT2D eigenvalue weighted by Gasteiger charge is 2.40. The second-order valence-electron chi connectivity index (χ2n) is 4.76. The maximum Gasteiger partial charge on any atom is 0.307 e. The SMILES string of the molecule is O=C1CC(S(=O)(=O)F)CN1c1nccc(-c2ccccn2)n1. The fourth-order valence-corrected chi connectivity index (χ4v) is 2.86. The van der Waals surface area contributed by atoms with Crippen molar-refractivity contribution in [2.75, 3.05) is 11.4 Å². The molecule has 2 aromatic heterocycles. The average molecular weight is 322 g/mol. The van der Waals surface area contributed by atoms with Crippen LogP contribution in [0.4, 0.5) is 9.83 Å². The molecule has 3 rings (SSSR count). The highest BCUT2D eigenvalue weighted by molar-refractivity contribution is 7.87. The van der Waals surface area contributed by atoms with Crippen molar-refractivity contribution in [2.45, 2.75) is 11.7 Å². The van der Waals surface area contributed by atoms with Gasteiger partial charge in [-0.1, -0.05) is 6.07 Å². The molecule has 3 heterocycles. The topological polar surface area (TPSA) is 93.1 Å². The molecule has 1 saturated heterocycles. The molecule has 0 spiro atoms. The van der Waals surface area contributed by atoms with Gasteiger partial charge in [-0.3, -0.25) is 14.7 Å². The zero-order valence-corrected chi connectivity index (χ0v) is 12.1. The van der Waals surface area contributed by atoms with Crippen molar-refractivity contribution in [3.63, 3.8) is 0 Å². The van der Waals surface area contributed by atoms with Gasteiger partial charge in [0.1, 0.15) is 5.25 Å². The Kier molecular flexibility index (Phi) is 3.57. The number of carbonyl (C=O) groups excluding carboxylic acids is 1. The van der Waals surface area contributed by atoms with E-state index in [0.717, 1.165) is 4.90 Å². The van der Waals surface area contributed by atoms with Crippen LogP contribution in [-0.2, 0) is 15.0 Å². The Hall–Kier alpha value is -2.42. The number of halogens is 1. The van der Waals surface area contributed by atoms with Gasteiger partial charge in [0.15, 0.2) is 0 Å². The van der Waals surface area contributed by atoms with Crippen molar-refractivity contribution < 1.29 is 17.1 Å². The van der Waals surface area contributed by atoms with E-state index >= 15 is 0 Å². The zero-order chi connectivity index (χ0) is 15.7. The van der Waals surface area contributed by atoms with E-state index in [1.54, 1.807) is 30.5 Å². The molecule has 0 saturated carbocycles. The van der Waals surface area contributed by atoms with Crippen molar-refractivity contribution in [2.24, 2.45) is 0 Å². The fourth-order valence-electron chi connectivity index (χ4n) is 2.19. The van der Waals surface area contributed by atoms with Gasteiger partial charge in [-0.2, -0.15) is 8.42 Å². The highest BCUT2D eigenvalue weighted by Crippen LogP contribution is 2.24. The molecule has 1 fully saturated rings. The van der Waals surface area contributed by atoms with Crippen molar-refractivity contribution in [1.29, 1.82) is 0 Å². The van der Waals surface area contributed by atoms with Gasteiger partial charge in [-0.25, -0.2) is 9.97 Å². The Labute approximate surface area is 126 Å². The van der Waals surface area contributed by atoms with Gasteiger partial charge < -0.3 is 0 Å². The summed E-state index contributed by atoms with van der Waals surface area (Å²) in [5, 5.41) is -1.37. The summed E-state index contributed by atoms with van der Waals surface area (Å²) in [5.41, 5.74) is 1.08. The molecule has 7 nitrogen and oxygen atoms in total. The monoisotopic (exact) mass is 322 g/mol. The van der Waals surface area contributed by atoms with Crippen molar-refractivity contribution in [1.82, 2.24) is 15.0 Å². The molecule has 22 heavy (non-hydrogen) atoms. The van der Waals surface area contributed by atoms with Gasteiger partial charge >= 0.3 is 10.2 Å². The minimum absolute atomic E-state index is 0.0410. The molecular formula is C13H11FN4O3S. The van der Waals surface area contributed by atoms with Gasteiger partial charge in [0.25, 0.3) is 0 Å². The average Bonchev–Trinajstić information content (AvgIpc) is 2.90. The molecule has 0 bridgehead atoms. The molecule has 1 amide bonds. The standard InChI is InChI=1S/C13H11FN4O3S/c14-22(20,21)9-7-12(19)18(8-9)13-16-6-4-11(17-13)10-3-1-2-5-15-10/h1-6,9H,7-8H2. The van der Waals surface area contributed by atoms with Gasteiger partial charge in [-0.05, 0) is 18.2 Å². The van der Waals surface area contributed by atoms with Gasteiger partial charge in [0.2, 0.25) is 11.9 Å². The first-order valence-electron chi connectivity index (χ1n) is 6.43. The lowest BCUT2D eigenvalue weighted by Crippen LogP contribution is -2.28. The molecule has 114 valence electrons. The van der Waals surface area contributed by atoms with Crippen LogP contribution in [0, 0.1) is 0 Å². The van der Waals surface area contributed by atoms with Crippen LogP contribution in [-0.4, -0.2) is 41.1 Å². The quantitative estimate of drug-likeness (QED) is 0.781. The Morgan fingerprint density at radius 3 is 2.59 bits per heavy atom. The van der Waals surface area contributed by atoms with Crippen molar-refractivity contribution in [3.8, 4) is 11.4 Å². The van der Waals surface area contributed by atoms with Crippen molar-refractivity contribution in [3.05, 3.63) is 36.7 Å². The summed E-state index contributed by atoms with van der Waals surface area (Å²) < 4.78 is 34.9. The third kappa shape index (κ3) is 2.80. The molecule has 1 aliphatic rings. The van der Waals surface area contributed by atoms with E-state index in [1.165, 1.54) is 6.20 Å². The number of rotatable bonds is 3. The summed E-state index contributed by atoms with van der Waals surface area (Å²) in [6.45, 7) is -0.288. The van der Waals surface area contributed by atoms with Crippen LogP contribution in [0.5, 0.6) is 0 Å². The molecule has 0 radical (unpaired) electrons. The van der Waals surface area contributed by atoms with E-state index in [4.69, 9.17) is 0 Å². The summed E-state index contributed by atoms with van der Waals surface area (Å²) in [6, 6.07) is 6.91. The first-order valence-corrected chi connectivity index (χ1v) is 7.88. The van der Waals surface area contributed by atoms with E-state index in [2.05, 4.69) is 15.0 Å². The summed E-state index contributed by atoms with van der Waals surface area (Å²) in [6.07, 6.45) is 2.64. The molecule has 1 unspecified atom stereocenters. The molecule has 1 atom stereocenters. The third-order valence-electron chi connectivity index (χ3n) is 3.30. The van der Waals surface area contributed by atoms with E-state index < -0.39 is 27.8 Å². The minimum Gasteiger partial charge on any atom is -0.279 e. The fraction of sp³-hybridized carbons (Fsp3) is 0.231. The summed E-state index contributed by atoms with van der Waals surface area (Å²) >= 11 is 0. The number of carbonyl (C=O) groups is 1. The van der Waals surface area contributed by atoms with Crippen LogP contribution in [0.2, 0.25) is 0 Å². The van der Waals surface area contributed by atoms with Crippen LogP contribution in [0.1, 0.15) is 6.42 Å². The van der Waals surface area contributed by atoms with Gasteiger partial charge in [0, 0.05) is 25.4 Å². The van der Waals surface area contributed by atoms with Crippen LogP contribution >= 0.6 is 0 Å². The van der Waals surface area contributed by atoms with Crippen molar-refractivity contribution >= 4 is 22.1 Å². The summed E-state index contributed by atoms with van der Waals surface area (Å²) in [4.78, 5) is 25.3. The van der Waals surface area contributed by atoms with Gasteiger partial charge in [-0.15, -0.1) is 3.89 Å². The number of hydrogen-bond donors (Lipinski definition) is 0. The Morgan fingerprint density at radius 1 is 1.14 bits per heavy atom. The van der Waals surface area contributed by atoms with Gasteiger partial charge in [0.05, 0.1) is 11.4 Å². The molecule has 2 aromatic rings. The lowest BCUT2D eigenvalue weighted by atomic mass is 10.2. The number of amides is 1. The number of hydrogen-bond acceptors (Lipinski definition) is 6. The Morgan fingerprint density at radius 2 is 1.95 bits per heavy atom. The molecule has 1 aliphatic heterocycles. The maximum atomic E-state index is 13.0. The van der Waals surface area contributed by atoms with Crippen LogP contribution < -0.4 is 4.90 Å². The van der Waals surface area contributed by atoms with Crippen LogP contribution in [0.15, 0.2) is 36.7 Å². The maximum absolute atomic E-state index is 13.0. The molecule has 0 N–H and O–H groups in total. The summed E-state index contributed by atoms with van der Waals surface area (Å²) in [7, 11) is -4.77.